The van der Waals surface area contributed by atoms with E-state index < -0.39 is 34.1 Å². The topological polar surface area (TPSA) is 86.8 Å². The standard InChI is InChI=1S/C24H32ClN3O4S/c1-17-7-13-21(14-8-17)28(33(6,31)32)16-22(29)27(15-19-9-11-20(25)12-10-19)18(2)23(30)26-24(3,4)5/h7-14,18H,15-16H2,1-6H3,(H,26,30)/t18-/m1/s1. The summed E-state index contributed by atoms with van der Waals surface area (Å²) >= 11 is 5.98. The number of halogens is 1. The second kappa shape index (κ2) is 10.6. The molecule has 0 radical (unpaired) electrons. The van der Waals surface area contributed by atoms with Gasteiger partial charge in [-0.05, 0) is 64.4 Å². The van der Waals surface area contributed by atoms with Crippen LogP contribution in [0.1, 0.15) is 38.8 Å². The SMILES string of the molecule is Cc1ccc(N(CC(=O)N(Cc2ccc(Cl)cc2)[C@H](C)C(=O)NC(C)(C)C)S(C)(=O)=O)cc1. The number of anilines is 1. The van der Waals surface area contributed by atoms with Crippen LogP contribution in [0.15, 0.2) is 48.5 Å². The van der Waals surface area contributed by atoms with Gasteiger partial charge in [0.2, 0.25) is 21.8 Å². The molecule has 1 atom stereocenters. The number of rotatable bonds is 8. The van der Waals surface area contributed by atoms with Crippen LogP contribution < -0.4 is 9.62 Å². The Balaban J connectivity index is 2.38. The van der Waals surface area contributed by atoms with E-state index in [-0.39, 0.29) is 12.5 Å². The van der Waals surface area contributed by atoms with Crippen molar-refractivity contribution < 1.29 is 18.0 Å². The molecule has 0 fully saturated rings. The minimum Gasteiger partial charge on any atom is -0.350 e. The Bertz CT molecular complexity index is 1080. The van der Waals surface area contributed by atoms with Crippen LogP contribution in [0.3, 0.4) is 0 Å². The summed E-state index contributed by atoms with van der Waals surface area (Å²) in [4.78, 5) is 27.7. The summed E-state index contributed by atoms with van der Waals surface area (Å²) in [6, 6.07) is 13.0. The molecule has 0 aliphatic carbocycles. The van der Waals surface area contributed by atoms with Crippen molar-refractivity contribution in [3.05, 3.63) is 64.7 Å². The third-order valence-corrected chi connectivity index (χ3v) is 6.33. The molecule has 2 aromatic rings. The maximum atomic E-state index is 13.4. The number of hydrogen-bond acceptors (Lipinski definition) is 4. The van der Waals surface area contributed by atoms with Gasteiger partial charge in [0.15, 0.2) is 0 Å². The molecule has 0 bridgehead atoms. The average molecular weight is 494 g/mol. The zero-order chi connectivity index (χ0) is 25.0. The van der Waals surface area contributed by atoms with Crippen molar-refractivity contribution in [2.45, 2.75) is 52.7 Å². The van der Waals surface area contributed by atoms with E-state index >= 15 is 0 Å². The Morgan fingerprint density at radius 2 is 1.58 bits per heavy atom. The van der Waals surface area contributed by atoms with E-state index in [0.29, 0.717) is 10.7 Å². The number of aryl methyl sites for hydroxylation is 1. The average Bonchev–Trinajstić information content (AvgIpc) is 2.69. The van der Waals surface area contributed by atoms with Crippen molar-refractivity contribution in [3.63, 3.8) is 0 Å². The molecule has 0 aromatic heterocycles. The Kier molecular flexibility index (Phi) is 8.54. The first-order valence-corrected chi connectivity index (χ1v) is 12.8. The zero-order valence-electron chi connectivity index (χ0n) is 19.9. The van der Waals surface area contributed by atoms with Crippen LogP contribution >= 0.6 is 11.6 Å². The fourth-order valence-corrected chi connectivity index (χ4v) is 4.14. The Labute approximate surface area is 201 Å². The van der Waals surface area contributed by atoms with Crippen molar-refractivity contribution in [3.8, 4) is 0 Å². The normalized spacial score (nSPS) is 12.7. The number of benzene rings is 2. The van der Waals surface area contributed by atoms with E-state index in [9.17, 15) is 18.0 Å². The van der Waals surface area contributed by atoms with Crippen molar-refractivity contribution in [1.29, 1.82) is 0 Å². The summed E-state index contributed by atoms with van der Waals surface area (Å²) in [5.74, 6) is -0.821. The van der Waals surface area contributed by atoms with E-state index in [0.717, 1.165) is 21.7 Å². The summed E-state index contributed by atoms with van der Waals surface area (Å²) in [6.45, 7) is 8.78. The van der Waals surface area contributed by atoms with E-state index in [2.05, 4.69) is 5.32 Å². The van der Waals surface area contributed by atoms with Crippen molar-refractivity contribution in [2.24, 2.45) is 0 Å². The summed E-state index contributed by atoms with van der Waals surface area (Å²) in [5, 5.41) is 3.44. The Morgan fingerprint density at radius 1 is 1.03 bits per heavy atom. The maximum Gasteiger partial charge on any atom is 0.244 e. The van der Waals surface area contributed by atoms with Gasteiger partial charge in [0.05, 0.1) is 11.9 Å². The molecule has 2 rings (SSSR count). The van der Waals surface area contributed by atoms with Crippen LogP contribution in [-0.4, -0.2) is 49.5 Å². The molecule has 0 unspecified atom stereocenters. The highest BCUT2D eigenvalue weighted by molar-refractivity contribution is 7.92. The molecule has 180 valence electrons. The lowest BCUT2D eigenvalue weighted by Crippen LogP contribution is -2.54. The fourth-order valence-electron chi connectivity index (χ4n) is 3.17. The van der Waals surface area contributed by atoms with Gasteiger partial charge in [0.25, 0.3) is 0 Å². The summed E-state index contributed by atoms with van der Waals surface area (Å²) in [7, 11) is -3.74. The van der Waals surface area contributed by atoms with Gasteiger partial charge in [-0.15, -0.1) is 0 Å². The molecule has 0 aliphatic rings. The molecule has 33 heavy (non-hydrogen) atoms. The number of sulfonamides is 1. The first-order chi connectivity index (χ1) is 15.2. The molecule has 0 saturated carbocycles. The lowest BCUT2D eigenvalue weighted by Gasteiger charge is -2.33. The summed E-state index contributed by atoms with van der Waals surface area (Å²) in [5.41, 5.74) is 1.63. The summed E-state index contributed by atoms with van der Waals surface area (Å²) in [6.07, 6.45) is 1.05. The van der Waals surface area contributed by atoms with Gasteiger partial charge >= 0.3 is 0 Å². The van der Waals surface area contributed by atoms with E-state index in [1.165, 1.54) is 4.90 Å². The number of carbonyl (C=O) groups is 2. The van der Waals surface area contributed by atoms with E-state index in [4.69, 9.17) is 11.6 Å². The third kappa shape index (κ3) is 8.05. The number of carbonyl (C=O) groups excluding carboxylic acids is 2. The second-order valence-corrected chi connectivity index (χ2v) is 11.5. The highest BCUT2D eigenvalue weighted by Gasteiger charge is 2.31. The molecule has 0 spiro atoms. The van der Waals surface area contributed by atoms with Crippen LogP contribution in [0.4, 0.5) is 5.69 Å². The van der Waals surface area contributed by atoms with Crippen molar-refractivity contribution in [2.75, 3.05) is 17.1 Å². The molecule has 2 amide bonds. The molecular weight excluding hydrogens is 462 g/mol. The Hall–Kier alpha value is -2.58. The van der Waals surface area contributed by atoms with Gasteiger partial charge < -0.3 is 10.2 Å². The largest absolute Gasteiger partial charge is 0.350 e. The van der Waals surface area contributed by atoms with Crippen LogP contribution in [-0.2, 0) is 26.2 Å². The quantitative estimate of drug-likeness (QED) is 0.606. The van der Waals surface area contributed by atoms with E-state index in [1.54, 1.807) is 55.5 Å². The molecule has 0 aliphatic heterocycles. The van der Waals surface area contributed by atoms with Crippen molar-refractivity contribution in [1.82, 2.24) is 10.2 Å². The minimum absolute atomic E-state index is 0.125. The first-order valence-electron chi connectivity index (χ1n) is 10.6. The van der Waals surface area contributed by atoms with Gasteiger partial charge in [0, 0.05) is 17.1 Å². The molecular formula is C24H32ClN3O4S. The van der Waals surface area contributed by atoms with Gasteiger partial charge in [-0.3, -0.25) is 13.9 Å². The van der Waals surface area contributed by atoms with Crippen LogP contribution in [0.25, 0.3) is 0 Å². The predicted octanol–water partition coefficient (Wildman–Crippen LogP) is 3.75. The lowest BCUT2D eigenvalue weighted by molar-refractivity contribution is -0.140. The number of hydrogen-bond donors (Lipinski definition) is 1. The minimum atomic E-state index is -3.74. The van der Waals surface area contributed by atoms with Crippen LogP contribution in [0, 0.1) is 6.92 Å². The molecule has 2 aromatic carbocycles. The fraction of sp³-hybridized carbons (Fsp3) is 0.417. The number of amides is 2. The first kappa shape index (κ1) is 26.7. The number of nitrogens with one attached hydrogen (secondary N) is 1. The van der Waals surface area contributed by atoms with Gasteiger partial charge in [-0.2, -0.15) is 0 Å². The zero-order valence-corrected chi connectivity index (χ0v) is 21.5. The molecule has 7 nitrogen and oxygen atoms in total. The predicted molar refractivity (Wildman–Crippen MR) is 133 cm³/mol. The van der Waals surface area contributed by atoms with Gasteiger partial charge in [0.1, 0.15) is 12.6 Å². The lowest BCUT2D eigenvalue weighted by atomic mass is 10.1. The smallest absolute Gasteiger partial charge is 0.244 e. The highest BCUT2D eigenvalue weighted by Crippen LogP contribution is 2.20. The van der Waals surface area contributed by atoms with E-state index in [1.807, 2.05) is 27.7 Å². The molecule has 1 N–H and O–H groups in total. The molecule has 0 heterocycles. The summed E-state index contributed by atoms with van der Waals surface area (Å²) < 4.78 is 26.1. The third-order valence-electron chi connectivity index (χ3n) is 4.93. The van der Waals surface area contributed by atoms with Crippen molar-refractivity contribution >= 4 is 39.1 Å². The van der Waals surface area contributed by atoms with Gasteiger partial charge in [-0.1, -0.05) is 41.4 Å². The molecule has 0 saturated heterocycles. The monoisotopic (exact) mass is 493 g/mol. The van der Waals surface area contributed by atoms with Gasteiger partial charge in [-0.25, -0.2) is 8.42 Å². The Morgan fingerprint density at radius 3 is 2.06 bits per heavy atom. The molecule has 9 heteroatoms. The van der Waals surface area contributed by atoms with Crippen LogP contribution in [0.2, 0.25) is 5.02 Å². The number of nitrogens with zero attached hydrogens (tertiary/aromatic N) is 2. The second-order valence-electron chi connectivity index (χ2n) is 9.17. The highest BCUT2D eigenvalue weighted by atomic mass is 35.5. The van der Waals surface area contributed by atoms with Crippen LogP contribution in [0.5, 0.6) is 0 Å². The maximum absolute atomic E-state index is 13.4.